The van der Waals surface area contributed by atoms with Gasteiger partial charge < -0.3 is 14.8 Å². The van der Waals surface area contributed by atoms with Crippen molar-refractivity contribution in [3.8, 4) is 11.5 Å². The Bertz CT molecular complexity index is 517. The molecular formula is C15H18BrNO2. The molecule has 0 unspecified atom stereocenters. The summed E-state index contributed by atoms with van der Waals surface area (Å²) < 4.78 is 13.0. The van der Waals surface area contributed by atoms with Crippen LogP contribution in [0.25, 0.3) is 0 Å². The standard InChI is InChI=1S/C15H18BrNO2/c1-17-8-15(4-5-15)11-9-2-6-19-14(9)12(16)10-3-7-18-13(10)11/h17H,2-8H2,1H3. The van der Waals surface area contributed by atoms with Crippen LogP contribution in [0.2, 0.25) is 0 Å². The molecule has 2 heterocycles. The van der Waals surface area contributed by atoms with Gasteiger partial charge in [0.15, 0.2) is 0 Å². The highest BCUT2D eigenvalue weighted by Crippen LogP contribution is 2.58. The molecule has 1 N–H and O–H groups in total. The number of ether oxygens (including phenoxy) is 2. The summed E-state index contributed by atoms with van der Waals surface area (Å²) >= 11 is 3.72. The van der Waals surface area contributed by atoms with E-state index in [1.807, 2.05) is 7.05 Å². The Morgan fingerprint density at radius 1 is 1.11 bits per heavy atom. The number of benzene rings is 1. The topological polar surface area (TPSA) is 30.5 Å². The predicted octanol–water partition coefficient (Wildman–Crippen LogP) is 2.57. The summed E-state index contributed by atoms with van der Waals surface area (Å²) in [5, 5.41) is 3.36. The van der Waals surface area contributed by atoms with Gasteiger partial charge in [-0.3, -0.25) is 0 Å². The van der Waals surface area contributed by atoms with Gasteiger partial charge in [0.05, 0.1) is 17.7 Å². The van der Waals surface area contributed by atoms with Crippen LogP contribution in [0.15, 0.2) is 4.47 Å². The van der Waals surface area contributed by atoms with Gasteiger partial charge in [-0.15, -0.1) is 0 Å². The average Bonchev–Trinajstić information content (AvgIpc) is 2.85. The van der Waals surface area contributed by atoms with Gasteiger partial charge in [-0.2, -0.15) is 0 Å². The molecule has 19 heavy (non-hydrogen) atoms. The van der Waals surface area contributed by atoms with Crippen molar-refractivity contribution in [2.45, 2.75) is 31.1 Å². The van der Waals surface area contributed by atoms with Crippen LogP contribution < -0.4 is 14.8 Å². The molecule has 0 spiro atoms. The monoisotopic (exact) mass is 323 g/mol. The van der Waals surface area contributed by atoms with Crippen LogP contribution in [0.1, 0.15) is 29.5 Å². The first-order chi connectivity index (χ1) is 9.27. The molecule has 0 radical (unpaired) electrons. The smallest absolute Gasteiger partial charge is 0.137 e. The van der Waals surface area contributed by atoms with E-state index >= 15 is 0 Å². The van der Waals surface area contributed by atoms with E-state index < -0.39 is 0 Å². The SMILES string of the molecule is CNCC1(c2c3c(c(Br)c4c2OCC4)OCC3)CC1. The maximum Gasteiger partial charge on any atom is 0.137 e. The molecule has 0 saturated heterocycles. The van der Waals surface area contributed by atoms with Gasteiger partial charge in [0.2, 0.25) is 0 Å². The van der Waals surface area contributed by atoms with E-state index in [0.29, 0.717) is 5.41 Å². The highest BCUT2D eigenvalue weighted by molar-refractivity contribution is 9.10. The van der Waals surface area contributed by atoms with E-state index in [2.05, 4.69) is 21.2 Å². The van der Waals surface area contributed by atoms with Gasteiger partial charge in [0, 0.05) is 41.5 Å². The molecule has 0 aromatic heterocycles. The first-order valence-electron chi connectivity index (χ1n) is 7.05. The second-order valence-corrected chi connectivity index (χ2v) is 6.60. The fourth-order valence-electron chi connectivity index (χ4n) is 3.62. The van der Waals surface area contributed by atoms with Crippen LogP contribution in [0.3, 0.4) is 0 Å². The first kappa shape index (κ1) is 12.0. The van der Waals surface area contributed by atoms with Gasteiger partial charge in [-0.25, -0.2) is 0 Å². The molecule has 0 atom stereocenters. The fourth-order valence-corrected chi connectivity index (χ4v) is 4.35. The van der Waals surface area contributed by atoms with Crippen molar-refractivity contribution >= 4 is 15.9 Å². The van der Waals surface area contributed by atoms with E-state index in [0.717, 1.165) is 48.6 Å². The van der Waals surface area contributed by atoms with Crippen LogP contribution in [-0.4, -0.2) is 26.8 Å². The molecule has 3 nitrogen and oxygen atoms in total. The third-order valence-electron chi connectivity index (χ3n) is 4.64. The zero-order chi connectivity index (χ0) is 13.0. The van der Waals surface area contributed by atoms with Gasteiger partial charge >= 0.3 is 0 Å². The van der Waals surface area contributed by atoms with Crippen LogP contribution in [0, 0.1) is 0 Å². The van der Waals surface area contributed by atoms with Crippen LogP contribution in [0.4, 0.5) is 0 Å². The van der Waals surface area contributed by atoms with Gasteiger partial charge in [-0.1, -0.05) is 0 Å². The third kappa shape index (κ3) is 1.59. The van der Waals surface area contributed by atoms with E-state index in [9.17, 15) is 0 Å². The molecule has 4 heteroatoms. The third-order valence-corrected chi connectivity index (χ3v) is 5.48. The zero-order valence-electron chi connectivity index (χ0n) is 11.1. The molecule has 4 rings (SSSR count). The van der Waals surface area contributed by atoms with Crippen LogP contribution in [-0.2, 0) is 18.3 Å². The molecule has 1 aromatic rings. The Kier molecular flexibility index (Phi) is 2.61. The summed E-state index contributed by atoms with van der Waals surface area (Å²) in [6.07, 6.45) is 4.54. The molecule has 0 amide bonds. The van der Waals surface area contributed by atoms with Crippen molar-refractivity contribution in [3.05, 3.63) is 21.2 Å². The number of rotatable bonds is 3. The summed E-state index contributed by atoms with van der Waals surface area (Å²) in [4.78, 5) is 0. The molecule has 102 valence electrons. The summed E-state index contributed by atoms with van der Waals surface area (Å²) in [6, 6.07) is 0. The maximum absolute atomic E-state index is 6.00. The van der Waals surface area contributed by atoms with Crippen molar-refractivity contribution < 1.29 is 9.47 Å². The Morgan fingerprint density at radius 2 is 1.79 bits per heavy atom. The molecule has 1 fully saturated rings. The lowest BCUT2D eigenvalue weighted by Crippen LogP contribution is -2.25. The summed E-state index contributed by atoms with van der Waals surface area (Å²) in [5.41, 5.74) is 4.45. The van der Waals surface area contributed by atoms with Crippen molar-refractivity contribution in [1.82, 2.24) is 5.32 Å². The lowest BCUT2D eigenvalue weighted by atomic mass is 9.87. The largest absolute Gasteiger partial charge is 0.493 e. The van der Waals surface area contributed by atoms with E-state index in [1.165, 1.54) is 29.5 Å². The van der Waals surface area contributed by atoms with E-state index in [1.54, 1.807) is 0 Å². The average molecular weight is 324 g/mol. The number of halogens is 1. The van der Waals surface area contributed by atoms with Crippen molar-refractivity contribution in [1.29, 1.82) is 0 Å². The summed E-state index contributed by atoms with van der Waals surface area (Å²) in [5.74, 6) is 2.24. The maximum atomic E-state index is 6.00. The lowest BCUT2D eigenvalue weighted by Gasteiger charge is -2.22. The minimum atomic E-state index is 0.293. The van der Waals surface area contributed by atoms with Crippen molar-refractivity contribution in [2.75, 3.05) is 26.8 Å². The first-order valence-corrected chi connectivity index (χ1v) is 7.84. The molecule has 1 aromatic carbocycles. The number of hydrogen-bond donors (Lipinski definition) is 1. The van der Waals surface area contributed by atoms with Gasteiger partial charge in [0.25, 0.3) is 0 Å². The van der Waals surface area contributed by atoms with Crippen LogP contribution in [0.5, 0.6) is 11.5 Å². The Balaban J connectivity index is 1.95. The summed E-state index contributed by atoms with van der Waals surface area (Å²) in [6.45, 7) is 2.65. The van der Waals surface area contributed by atoms with Gasteiger partial charge in [0.1, 0.15) is 11.5 Å². The number of fused-ring (bicyclic) bond motifs is 2. The minimum Gasteiger partial charge on any atom is -0.493 e. The second-order valence-electron chi connectivity index (χ2n) is 5.81. The van der Waals surface area contributed by atoms with Gasteiger partial charge in [-0.05, 0) is 35.8 Å². The van der Waals surface area contributed by atoms with Crippen molar-refractivity contribution in [3.63, 3.8) is 0 Å². The quantitative estimate of drug-likeness (QED) is 0.927. The Labute approximate surface area is 121 Å². The molecule has 0 bridgehead atoms. The van der Waals surface area contributed by atoms with E-state index in [-0.39, 0.29) is 0 Å². The highest BCUT2D eigenvalue weighted by atomic mass is 79.9. The van der Waals surface area contributed by atoms with Crippen LogP contribution >= 0.6 is 15.9 Å². The molecule has 3 aliphatic rings. The molecule has 1 saturated carbocycles. The van der Waals surface area contributed by atoms with E-state index in [4.69, 9.17) is 9.47 Å². The minimum absolute atomic E-state index is 0.293. The zero-order valence-corrected chi connectivity index (χ0v) is 12.7. The number of nitrogens with one attached hydrogen (secondary N) is 1. The Hall–Kier alpha value is -0.740. The van der Waals surface area contributed by atoms with Crippen molar-refractivity contribution in [2.24, 2.45) is 0 Å². The number of likely N-dealkylation sites (N-methyl/N-ethyl adjacent to an activating group) is 1. The predicted molar refractivity (Wildman–Crippen MR) is 77.4 cm³/mol. The lowest BCUT2D eigenvalue weighted by molar-refractivity contribution is 0.349. The normalized spacial score (nSPS) is 21.6. The second kappa shape index (κ2) is 4.13. The molecule has 2 aliphatic heterocycles. The highest BCUT2D eigenvalue weighted by Gasteiger charge is 2.49. The summed E-state index contributed by atoms with van der Waals surface area (Å²) in [7, 11) is 2.04. The number of hydrogen-bond acceptors (Lipinski definition) is 3. The Morgan fingerprint density at radius 3 is 2.47 bits per heavy atom. The fraction of sp³-hybridized carbons (Fsp3) is 0.600. The molecular weight excluding hydrogens is 306 g/mol. The molecule has 1 aliphatic carbocycles.